The lowest BCUT2D eigenvalue weighted by Gasteiger charge is -2.30. The smallest absolute Gasteiger partial charge is 0.246 e. The highest BCUT2D eigenvalue weighted by molar-refractivity contribution is 5.91. The fraction of sp³-hybridized carbons (Fsp3) is 0.444. The Labute approximate surface area is 139 Å². The predicted molar refractivity (Wildman–Crippen MR) is 90.2 cm³/mol. The minimum Gasteiger partial charge on any atom is -0.550 e. The molecule has 0 aliphatic heterocycles. The van der Waals surface area contributed by atoms with Crippen LogP contribution in [0.15, 0.2) is 42.5 Å². The number of nitrogens with zero attached hydrogens (tertiary/aromatic N) is 1. The molecule has 0 saturated heterocycles. The van der Waals surface area contributed by atoms with Crippen molar-refractivity contribution in [3.8, 4) is 0 Å². The molecule has 128 valence electrons. The maximum Gasteiger partial charge on any atom is 0.246 e. The lowest BCUT2D eigenvalue weighted by atomic mass is 10.2. The molecule has 5 nitrogen and oxygen atoms in total. The molecule has 1 aromatic carbocycles. The lowest BCUT2D eigenvalue weighted by Crippen LogP contribution is -2.41. The minimum absolute atomic E-state index is 0.0478. The second kappa shape index (κ2) is 10.6. The van der Waals surface area contributed by atoms with Crippen molar-refractivity contribution in [3.05, 3.63) is 48.0 Å². The Hall–Kier alpha value is -2.14. The molecule has 23 heavy (non-hydrogen) atoms. The van der Waals surface area contributed by atoms with Gasteiger partial charge in [-0.15, -0.1) is 0 Å². The summed E-state index contributed by atoms with van der Waals surface area (Å²) in [5.41, 5.74) is 1.91. The van der Waals surface area contributed by atoms with Gasteiger partial charge >= 0.3 is 0 Å². The van der Waals surface area contributed by atoms with Gasteiger partial charge in [-0.2, -0.15) is 0 Å². The van der Waals surface area contributed by atoms with E-state index in [0.717, 1.165) is 30.9 Å². The van der Waals surface area contributed by atoms with E-state index >= 15 is 0 Å². The monoisotopic (exact) mass is 320 g/mol. The summed E-state index contributed by atoms with van der Waals surface area (Å²) in [6, 6.07) is 10.5. The predicted octanol–water partition coefficient (Wildman–Crippen LogP) is 1.10. The molecule has 0 saturated carbocycles. The number of amides is 1. The lowest BCUT2D eigenvalue weighted by molar-refractivity contribution is -0.903. The number of nitrogens with one attached hydrogen (secondary N) is 1. The van der Waals surface area contributed by atoms with Gasteiger partial charge in [0.25, 0.3) is 0 Å². The van der Waals surface area contributed by atoms with Gasteiger partial charge in [0.2, 0.25) is 5.91 Å². The largest absolute Gasteiger partial charge is 0.550 e. The van der Waals surface area contributed by atoms with Crippen molar-refractivity contribution < 1.29 is 19.2 Å². The van der Waals surface area contributed by atoms with E-state index in [1.807, 2.05) is 6.07 Å². The number of hydrogen-bond acceptors (Lipinski definition) is 3. The van der Waals surface area contributed by atoms with Gasteiger partial charge in [0.15, 0.2) is 0 Å². The van der Waals surface area contributed by atoms with Crippen molar-refractivity contribution >= 4 is 11.9 Å². The summed E-state index contributed by atoms with van der Waals surface area (Å²) < 4.78 is 0.924. The molecule has 0 heterocycles. The minimum atomic E-state index is -1.08. The third-order valence-corrected chi connectivity index (χ3v) is 3.07. The topological polar surface area (TPSA) is 69.2 Å². The highest BCUT2D eigenvalue weighted by Crippen LogP contribution is 2.09. The number of quaternary nitrogens is 1. The van der Waals surface area contributed by atoms with Gasteiger partial charge < -0.3 is 19.7 Å². The number of rotatable bonds is 7. The maximum absolute atomic E-state index is 11.3. The molecule has 0 bridgehead atoms. The van der Waals surface area contributed by atoms with Gasteiger partial charge in [-0.25, -0.2) is 0 Å². The molecule has 0 aliphatic rings. The third kappa shape index (κ3) is 12.1. The van der Waals surface area contributed by atoms with E-state index in [9.17, 15) is 4.79 Å². The second-order valence-corrected chi connectivity index (χ2v) is 6.18. The molecule has 1 amide bonds. The van der Waals surface area contributed by atoms with E-state index < -0.39 is 5.97 Å². The van der Waals surface area contributed by atoms with Gasteiger partial charge in [0.1, 0.15) is 6.54 Å². The molecule has 0 aromatic heterocycles. The number of aliphatic carboxylic acids is 1. The van der Waals surface area contributed by atoms with Gasteiger partial charge in [0.05, 0.1) is 20.6 Å². The van der Waals surface area contributed by atoms with Crippen molar-refractivity contribution in [2.45, 2.75) is 26.8 Å². The number of hydrogen-bond donors (Lipinski definition) is 1. The zero-order valence-electron chi connectivity index (χ0n) is 14.6. The Morgan fingerprint density at radius 2 is 1.70 bits per heavy atom. The first-order valence-electron chi connectivity index (χ1n) is 7.61. The Balaban J connectivity index is 0.00000108. The average molecular weight is 320 g/mol. The quantitative estimate of drug-likeness (QED) is 0.465. The van der Waals surface area contributed by atoms with E-state index in [4.69, 9.17) is 9.90 Å². The Kier molecular flexibility index (Phi) is 9.58. The summed E-state index contributed by atoms with van der Waals surface area (Å²) in [6.45, 7) is 9.07. The van der Waals surface area contributed by atoms with Crippen LogP contribution in [0.3, 0.4) is 0 Å². The van der Waals surface area contributed by atoms with E-state index in [1.165, 1.54) is 5.56 Å². The van der Waals surface area contributed by atoms with Gasteiger partial charge in [-0.05, 0) is 13.8 Å². The summed E-state index contributed by atoms with van der Waals surface area (Å²) >= 11 is 0. The van der Waals surface area contributed by atoms with Crippen LogP contribution in [0.25, 0.3) is 0 Å². The number of benzene rings is 1. The van der Waals surface area contributed by atoms with Crippen LogP contribution in [0.1, 0.15) is 25.8 Å². The summed E-state index contributed by atoms with van der Waals surface area (Å²) in [7, 11) is 4.43. The molecule has 0 unspecified atom stereocenters. The van der Waals surface area contributed by atoms with Crippen LogP contribution in [0.4, 0.5) is 0 Å². The fourth-order valence-electron chi connectivity index (χ4n) is 2.02. The molecule has 1 aromatic rings. The number of carboxylic acids is 1. The first kappa shape index (κ1) is 20.9. The van der Waals surface area contributed by atoms with Crippen LogP contribution in [0, 0.1) is 0 Å². The van der Waals surface area contributed by atoms with Crippen LogP contribution in [0.5, 0.6) is 0 Å². The van der Waals surface area contributed by atoms with Crippen LogP contribution < -0.4 is 10.4 Å². The summed E-state index contributed by atoms with van der Waals surface area (Å²) in [5.74, 6) is -1.13. The number of carbonyl (C=O) groups excluding carboxylic acids is 2. The van der Waals surface area contributed by atoms with Crippen LogP contribution in [-0.4, -0.2) is 43.5 Å². The molecule has 5 heteroatoms. The van der Waals surface area contributed by atoms with Crippen LogP contribution in [0.2, 0.25) is 0 Å². The first-order chi connectivity index (χ1) is 10.6. The molecular weight excluding hydrogens is 292 g/mol. The SMILES string of the molecule is C=C(C)C(=O)NCCC[N+](C)(C)Cc1ccccc1.CC(=O)[O-]. The van der Waals surface area contributed by atoms with Crippen LogP contribution >= 0.6 is 0 Å². The number of carbonyl (C=O) groups is 2. The zero-order valence-corrected chi connectivity index (χ0v) is 14.6. The van der Waals surface area contributed by atoms with Gasteiger partial charge in [-0.3, -0.25) is 4.79 Å². The van der Waals surface area contributed by atoms with Crippen molar-refractivity contribution in [1.29, 1.82) is 0 Å². The highest BCUT2D eigenvalue weighted by Gasteiger charge is 2.15. The molecule has 0 spiro atoms. The molecule has 1 rings (SSSR count). The summed E-state index contributed by atoms with van der Waals surface area (Å²) in [6.07, 6.45) is 0.971. The van der Waals surface area contributed by atoms with E-state index in [0.29, 0.717) is 12.1 Å². The Bertz CT molecular complexity index is 506. The Morgan fingerprint density at radius 3 is 2.17 bits per heavy atom. The average Bonchev–Trinajstić information content (AvgIpc) is 2.43. The van der Waals surface area contributed by atoms with Gasteiger partial charge in [0, 0.05) is 30.1 Å². The van der Waals surface area contributed by atoms with Crippen LogP contribution in [-0.2, 0) is 16.1 Å². The second-order valence-electron chi connectivity index (χ2n) is 6.18. The van der Waals surface area contributed by atoms with Crippen molar-refractivity contribution in [2.24, 2.45) is 0 Å². The van der Waals surface area contributed by atoms with E-state index in [1.54, 1.807) is 6.92 Å². The third-order valence-electron chi connectivity index (χ3n) is 3.07. The zero-order chi connectivity index (χ0) is 17.9. The molecule has 0 atom stereocenters. The van der Waals surface area contributed by atoms with E-state index in [-0.39, 0.29) is 5.91 Å². The summed E-state index contributed by atoms with van der Waals surface area (Å²) in [5, 5.41) is 11.8. The molecule has 1 N–H and O–H groups in total. The standard InChI is InChI=1S/C16H24N2O.C2H4O2/c1-14(2)16(19)17-11-8-12-18(3,4)13-15-9-6-5-7-10-15;1-2(3)4/h5-7,9-10H,1,8,11-13H2,2-4H3;1H3,(H,3,4). The summed E-state index contributed by atoms with van der Waals surface area (Å²) in [4.78, 5) is 20.2. The van der Waals surface area contributed by atoms with Gasteiger partial charge in [-0.1, -0.05) is 36.9 Å². The molecular formula is C18H28N2O3. The van der Waals surface area contributed by atoms with Crippen molar-refractivity contribution in [3.63, 3.8) is 0 Å². The van der Waals surface area contributed by atoms with Crippen molar-refractivity contribution in [2.75, 3.05) is 27.2 Å². The highest BCUT2D eigenvalue weighted by atomic mass is 16.4. The van der Waals surface area contributed by atoms with Crippen molar-refractivity contribution in [1.82, 2.24) is 5.32 Å². The fourth-order valence-corrected chi connectivity index (χ4v) is 2.02. The van der Waals surface area contributed by atoms with E-state index in [2.05, 4.69) is 50.3 Å². The maximum atomic E-state index is 11.3. The molecule has 0 aliphatic carbocycles. The molecule has 0 radical (unpaired) electrons. The normalized spacial score (nSPS) is 10.3. The number of carboxylic acid groups (broad SMARTS) is 1. The molecule has 0 fully saturated rings. The first-order valence-corrected chi connectivity index (χ1v) is 7.61. The Morgan fingerprint density at radius 1 is 1.17 bits per heavy atom.